The fourth-order valence-corrected chi connectivity index (χ4v) is 2.66. The first kappa shape index (κ1) is 11.6. The van der Waals surface area contributed by atoms with Crippen molar-refractivity contribution in [2.24, 2.45) is 0 Å². The zero-order valence-corrected chi connectivity index (χ0v) is 10.1. The van der Waals surface area contributed by atoms with Gasteiger partial charge in [0.05, 0.1) is 11.7 Å². The van der Waals surface area contributed by atoms with Crippen LogP contribution in [0.15, 0.2) is 11.4 Å². The first-order chi connectivity index (χ1) is 7.88. The molecule has 0 spiro atoms. The zero-order valence-electron chi connectivity index (χ0n) is 9.24. The summed E-state index contributed by atoms with van der Waals surface area (Å²) in [7, 11) is 0. The SMILES string of the molecule is N#Cc1csc(CNCCC2CCCO2)c1. The average molecular weight is 236 g/mol. The molecule has 3 nitrogen and oxygen atoms in total. The van der Waals surface area contributed by atoms with E-state index < -0.39 is 0 Å². The molecule has 0 saturated carbocycles. The fourth-order valence-electron chi connectivity index (χ4n) is 1.88. The Bertz CT molecular complexity index is 363. The molecule has 1 atom stereocenters. The second kappa shape index (κ2) is 6.00. The molecule has 1 unspecified atom stereocenters. The first-order valence-electron chi connectivity index (χ1n) is 5.68. The Labute approximate surface area is 100 Å². The lowest BCUT2D eigenvalue weighted by molar-refractivity contribution is 0.104. The maximum atomic E-state index is 8.69. The van der Waals surface area contributed by atoms with E-state index in [-0.39, 0.29) is 0 Å². The van der Waals surface area contributed by atoms with Crippen molar-refractivity contribution < 1.29 is 4.74 Å². The van der Waals surface area contributed by atoms with E-state index in [1.165, 1.54) is 17.7 Å². The molecule has 1 saturated heterocycles. The van der Waals surface area contributed by atoms with Crippen LogP contribution >= 0.6 is 11.3 Å². The average Bonchev–Trinajstić information content (AvgIpc) is 2.95. The van der Waals surface area contributed by atoms with Crippen molar-refractivity contribution in [1.82, 2.24) is 5.32 Å². The van der Waals surface area contributed by atoms with Crippen LogP contribution in [0.4, 0.5) is 0 Å². The van der Waals surface area contributed by atoms with Crippen LogP contribution in [0.25, 0.3) is 0 Å². The van der Waals surface area contributed by atoms with Gasteiger partial charge in [0.25, 0.3) is 0 Å². The number of ether oxygens (including phenoxy) is 1. The normalized spacial score (nSPS) is 19.8. The maximum Gasteiger partial charge on any atom is 0.100 e. The number of thiophene rings is 1. The first-order valence-corrected chi connectivity index (χ1v) is 6.56. The van der Waals surface area contributed by atoms with Crippen molar-refractivity contribution in [2.45, 2.75) is 31.9 Å². The van der Waals surface area contributed by atoms with E-state index in [0.717, 1.165) is 31.7 Å². The Morgan fingerprint density at radius 2 is 2.56 bits per heavy atom. The molecule has 0 aromatic carbocycles. The van der Waals surface area contributed by atoms with E-state index in [9.17, 15) is 0 Å². The molecule has 0 radical (unpaired) electrons. The van der Waals surface area contributed by atoms with Crippen molar-refractivity contribution in [2.75, 3.05) is 13.2 Å². The molecule has 1 N–H and O–H groups in total. The molecule has 1 aliphatic heterocycles. The van der Waals surface area contributed by atoms with Gasteiger partial charge in [0.1, 0.15) is 6.07 Å². The summed E-state index contributed by atoms with van der Waals surface area (Å²) in [5.74, 6) is 0. The maximum absolute atomic E-state index is 8.69. The van der Waals surface area contributed by atoms with Gasteiger partial charge in [-0.25, -0.2) is 0 Å². The minimum absolute atomic E-state index is 0.463. The van der Waals surface area contributed by atoms with E-state index in [1.54, 1.807) is 11.3 Å². The van der Waals surface area contributed by atoms with Crippen molar-refractivity contribution in [3.05, 3.63) is 21.9 Å². The second-order valence-electron chi connectivity index (χ2n) is 4.01. The minimum atomic E-state index is 0.463. The van der Waals surface area contributed by atoms with Gasteiger partial charge < -0.3 is 10.1 Å². The van der Waals surface area contributed by atoms with Crippen molar-refractivity contribution in [1.29, 1.82) is 5.26 Å². The third-order valence-electron chi connectivity index (χ3n) is 2.75. The van der Waals surface area contributed by atoms with Crippen molar-refractivity contribution in [3.63, 3.8) is 0 Å². The summed E-state index contributed by atoms with van der Waals surface area (Å²) in [5.41, 5.74) is 0.765. The van der Waals surface area contributed by atoms with Crippen LogP contribution in [0.2, 0.25) is 0 Å². The number of hydrogen-bond donors (Lipinski definition) is 1. The second-order valence-corrected chi connectivity index (χ2v) is 5.01. The molecule has 2 heterocycles. The topological polar surface area (TPSA) is 45.0 Å². The molecule has 2 rings (SSSR count). The van der Waals surface area contributed by atoms with E-state index in [2.05, 4.69) is 11.4 Å². The number of hydrogen-bond acceptors (Lipinski definition) is 4. The van der Waals surface area contributed by atoms with Gasteiger partial charge in [0, 0.05) is 23.4 Å². The summed E-state index contributed by atoms with van der Waals surface area (Å²) in [6, 6.07) is 4.09. The lowest BCUT2D eigenvalue weighted by Gasteiger charge is -2.09. The largest absolute Gasteiger partial charge is 0.378 e. The predicted octanol–water partition coefficient (Wildman–Crippen LogP) is 2.28. The number of nitrogens with zero attached hydrogens (tertiary/aromatic N) is 1. The third kappa shape index (κ3) is 3.31. The van der Waals surface area contributed by atoms with E-state index in [4.69, 9.17) is 10.00 Å². The van der Waals surface area contributed by atoms with E-state index in [0.29, 0.717) is 6.10 Å². The molecule has 4 heteroatoms. The fraction of sp³-hybridized carbons (Fsp3) is 0.583. The quantitative estimate of drug-likeness (QED) is 0.798. The predicted molar refractivity (Wildman–Crippen MR) is 64.3 cm³/mol. The molecule has 1 aliphatic rings. The highest BCUT2D eigenvalue weighted by Crippen LogP contribution is 2.15. The summed E-state index contributed by atoms with van der Waals surface area (Å²) in [6.07, 6.45) is 3.97. The Kier molecular flexibility index (Phi) is 4.34. The lowest BCUT2D eigenvalue weighted by atomic mass is 10.2. The molecule has 1 aromatic rings. The number of nitriles is 1. The van der Waals surface area contributed by atoms with Crippen molar-refractivity contribution >= 4 is 11.3 Å². The van der Waals surface area contributed by atoms with E-state index in [1.807, 2.05) is 11.4 Å². The van der Waals surface area contributed by atoms with Crippen LogP contribution < -0.4 is 5.32 Å². The number of nitrogens with one attached hydrogen (secondary N) is 1. The van der Waals surface area contributed by atoms with Gasteiger partial charge in [-0.1, -0.05) is 0 Å². The highest BCUT2D eigenvalue weighted by molar-refractivity contribution is 7.10. The monoisotopic (exact) mass is 236 g/mol. The standard InChI is InChI=1S/C12H16N2OS/c13-7-10-6-12(16-9-10)8-14-4-3-11-2-1-5-15-11/h6,9,11,14H,1-5,8H2. The molecular formula is C12H16N2OS. The third-order valence-corrected chi connectivity index (χ3v) is 3.69. The van der Waals surface area contributed by atoms with Gasteiger partial charge in [-0.15, -0.1) is 11.3 Å². The van der Waals surface area contributed by atoms with Crippen LogP contribution in [0.3, 0.4) is 0 Å². The minimum Gasteiger partial charge on any atom is -0.378 e. The molecular weight excluding hydrogens is 220 g/mol. The Hall–Kier alpha value is -0.890. The molecule has 0 amide bonds. The van der Waals surface area contributed by atoms with Gasteiger partial charge in [-0.2, -0.15) is 5.26 Å². The van der Waals surface area contributed by atoms with E-state index >= 15 is 0 Å². The summed E-state index contributed by atoms with van der Waals surface area (Å²) in [4.78, 5) is 1.23. The van der Waals surface area contributed by atoms with Crippen LogP contribution in [0.1, 0.15) is 29.7 Å². The summed E-state index contributed by atoms with van der Waals surface area (Å²) in [5, 5.41) is 14.0. The Balaban J connectivity index is 1.62. The van der Waals surface area contributed by atoms with Crippen LogP contribution in [-0.4, -0.2) is 19.3 Å². The Morgan fingerprint density at radius 3 is 3.25 bits per heavy atom. The zero-order chi connectivity index (χ0) is 11.2. The highest BCUT2D eigenvalue weighted by atomic mass is 32.1. The van der Waals surface area contributed by atoms with Gasteiger partial charge in [0.2, 0.25) is 0 Å². The van der Waals surface area contributed by atoms with Crippen LogP contribution in [0, 0.1) is 11.3 Å². The molecule has 1 fully saturated rings. The molecule has 86 valence electrons. The summed E-state index contributed by atoms with van der Waals surface area (Å²) in [6.45, 7) is 2.78. The molecule has 0 bridgehead atoms. The molecule has 0 aliphatic carbocycles. The smallest absolute Gasteiger partial charge is 0.100 e. The lowest BCUT2D eigenvalue weighted by Crippen LogP contribution is -2.19. The summed E-state index contributed by atoms with van der Waals surface area (Å²) >= 11 is 1.64. The van der Waals surface area contributed by atoms with Crippen LogP contribution in [-0.2, 0) is 11.3 Å². The highest BCUT2D eigenvalue weighted by Gasteiger charge is 2.14. The van der Waals surface area contributed by atoms with Crippen LogP contribution in [0.5, 0.6) is 0 Å². The molecule has 16 heavy (non-hydrogen) atoms. The van der Waals surface area contributed by atoms with Gasteiger partial charge in [-0.3, -0.25) is 0 Å². The molecule has 1 aromatic heterocycles. The Morgan fingerprint density at radius 1 is 1.62 bits per heavy atom. The van der Waals surface area contributed by atoms with Gasteiger partial charge >= 0.3 is 0 Å². The summed E-state index contributed by atoms with van der Waals surface area (Å²) < 4.78 is 5.55. The van der Waals surface area contributed by atoms with Crippen molar-refractivity contribution in [3.8, 4) is 6.07 Å². The number of rotatable bonds is 5. The van der Waals surface area contributed by atoms with Gasteiger partial charge in [-0.05, 0) is 31.9 Å². The van der Waals surface area contributed by atoms with Gasteiger partial charge in [0.15, 0.2) is 0 Å².